The van der Waals surface area contributed by atoms with Crippen molar-refractivity contribution in [1.29, 1.82) is 5.26 Å². The van der Waals surface area contributed by atoms with E-state index in [2.05, 4.69) is 5.32 Å². The molecule has 4 heteroatoms. The number of aldehydes is 1. The standard InChI is InChI=1S/C12H12N2O2/c1-14-11-4-3-10(12(6-11)16-2)5-9(7-13)8-15/h3-6,8,14H,1-2H3/b9-5-. The second-order valence-electron chi connectivity index (χ2n) is 3.04. The molecule has 0 heterocycles. The third kappa shape index (κ3) is 2.61. The van der Waals surface area contributed by atoms with Crippen molar-refractivity contribution in [3.63, 3.8) is 0 Å². The van der Waals surface area contributed by atoms with Crippen LogP contribution in [0.25, 0.3) is 6.08 Å². The number of hydrogen-bond donors (Lipinski definition) is 1. The summed E-state index contributed by atoms with van der Waals surface area (Å²) in [6.45, 7) is 0. The molecule has 1 N–H and O–H groups in total. The minimum Gasteiger partial charge on any atom is -0.496 e. The van der Waals surface area contributed by atoms with Gasteiger partial charge in [0.2, 0.25) is 0 Å². The fraction of sp³-hybridized carbons (Fsp3) is 0.167. The van der Waals surface area contributed by atoms with Gasteiger partial charge in [0.15, 0.2) is 6.29 Å². The Balaban J connectivity index is 3.19. The zero-order valence-corrected chi connectivity index (χ0v) is 9.15. The van der Waals surface area contributed by atoms with Crippen molar-refractivity contribution >= 4 is 18.0 Å². The van der Waals surface area contributed by atoms with Crippen LogP contribution in [-0.2, 0) is 4.79 Å². The van der Waals surface area contributed by atoms with Crippen LogP contribution < -0.4 is 10.1 Å². The zero-order valence-electron chi connectivity index (χ0n) is 9.15. The highest BCUT2D eigenvalue weighted by atomic mass is 16.5. The monoisotopic (exact) mass is 216 g/mol. The van der Waals surface area contributed by atoms with E-state index >= 15 is 0 Å². The second-order valence-corrected chi connectivity index (χ2v) is 3.04. The highest BCUT2D eigenvalue weighted by molar-refractivity contribution is 5.87. The summed E-state index contributed by atoms with van der Waals surface area (Å²) in [5.41, 5.74) is 1.67. The Hall–Kier alpha value is -2.28. The van der Waals surface area contributed by atoms with Crippen molar-refractivity contribution in [1.82, 2.24) is 0 Å². The highest BCUT2D eigenvalue weighted by Crippen LogP contribution is 2.24. The van der Waals surface area contributed by atoms with Gasteiger partial charge in [-0.15, -0.1) is 0 Å². The summed E-state index contributed by atoms with van der Waals surface area (Å²) in [6, 6.07) is 7.22. The van der Waals surface area contributed by atoms with E-state index in [1.807, 2.05) is 6.07 Å². The summed E-state index contributed by atoms with van der Waals surface area (Å²) < 4.78 is 5.17. The molecule has 16 heavy (non-hydrogen) atoms. The molecule has 0 radical (unpaired) electrons. The zero-order chi connectivity index (χ0) is 12.0. The van der Waals surface area contributed by atoms with Crippen molar-refractivity contribution < 1.29 is 9.53 Å². The number of carbonyl (C=O) groups excluding carboxylic acids is 1. The summed E-state index contributed by atoms with van der Waals surface area (Å²) in [4.78, 5) is 10.5. The topological polar surface area (TPSA) is 62.1 Å². The summed E-state index contributed by atoms with van der Waals surface area (Å²) in [5.74, 6) is 0.612. The lowest BCUT2D eigenvalue weighted by atomic mass is 10.1. The number of methoxy groups -OCH3 is 1. The van der Waals surface area contributed by atoms with Crippen molar-refractivity contribution in [3.8, 4) is 11.8 Å². The fourth-order valence-electron chi connectivity index (χ4n) is 1.25. The van der Waals surface area contributed by atoms with E-state index in [9.17, 15) is 4.79 Å². The number of allylic oxidation sites excluding steroid dienone is 1. The average Bonchev–Trinajstić information content (AvgIpc) is 2.35. The Morgan fingerprint density at radius 1 is 1.56 bits per heavy atom. The molecule has 0 aliphatic rings. The summed E-state index contributed by atoms with van der Waals surface area (Å²) in [5, 5.41) is 11.6. The van der Waals surface area contributed by atoms with E-state index in [0.29, 0.717) is 17.6 Å². The Bertz CT molecular complexity index is 459. The number of carbonyl (C=O) groups is 1. The predicted molar refractivity (Wildman–Crippen MR) is 62.2 cm³/mol. The molecule has 0 atom stereocenters. The Labute approximate surface area is 94.1 Å². The van der Waals surface area contributed by atoms with Crippen LogP contribution in [0.1, 0.15) is 5.56 Å². The summed E-state index contributed by atoms with van der Waals surface area (Å²) in [7, 11) is 3.34. The van der Waals surface area contributed by atoms with Gasteiger partial charge in [-0.1, -0.05) is 0 Å². The van der Waals surface area contributed by atoms with Crippen molar-refractivity contribution in [3.05, 3.63) is 29.3 Å². The molecule has 0 unspecified atom stereocenters. The van der Waals surface area contributed by atoms with Crippen molar-refractivity contribution in [2.45, 2.75) is 0 Å². The average molecular weight is 216 g/mol. The molecule has 0 amide bonds. The first-order valence-electron chi connectivity index (χ1n) is 4.68. The lowest BCUT2D eigenvalue weighted by Crippen LogP contribution is -1.92. The molecule has 0 bridgehead atoms. The van der Waals surface area contributed by atoms with E-state index in [-0.39, 0.29) is 5.57 Å². The molecule has 0 saturated heterocycles. The number of benzene rings is 1. The van der Waals surface area contributed by atoms with Crippen LogP contribution in [0.3, 0.4) is 0 Å². The quantitative estimate of drug-likeness (QED) is 0.474. The van der Waals surface area contributed by atoms with Gasteiger partial charge >= 0.3 is 0 Å². The van der Waals surface area contributed by atoms with Crippen LogP contribution in [0, 0.1) is 11.3 Å². The molecule has 0 aromatic heterocycles. The first-order chi connectivity index (χ1) is 7.74. The Morgan fingerprint density at radius 2 is 2.31 bits per heavy atom. The number of anilines is 1. The van der Waals surface area contributed by atoms with E-state index in [0.717, 1.165) is 5.69 Å². The molecular weight excluding hydrogens is 204 g/mol. The number of rotatable bonds is 4. The van der Waals surface area contributed by atoms with Crippen LogP contribution in [0.15, 0.2) is 23.8 Å². The number of nitriles is 1. The maximum Gasteiger partial charge on any atom is 0.160 e. The van der Waals surface area contributed by atoms with Gasteiger partial charge in [0.25, 0.3) is 0 Å². The molecule has 0 spiro atoms. The molecule has 1 rings (SSSR count). The fourth-order valence-corrected chi connectivity index (χ4v) is 1.25. The maximum atomic E-state index is 10.5. The summed E-state index contributed by atoms with van der Waals surface area (Å²) >= 11 is 0. The molecule has 82 valence electrons. The first kappa shape index (κ1) is 11.8. The van der Waals surface area contributed by atoms with Gasteiger partial charge in [0.1, 0.15) is 11.8 Å². The third-order valence-electron chi connectivity index (χ3n) is 2.09. The van der Waals surface area contributed by atoms with Crippen LogP contribution in [0.2, 0.25) is 0 Å². The normalized spacial score (nSPS) is 10.4. The lowest BCUT2D eigenvalue weighted by molar-refractivity contribution is -0.104. The largest absolute Gasteiger partial charge is 0.496 e. The van der Waals surface area contributed by atoms with E-state index in [4.69, 9.17) is 10.00 Å². The van der Waals surface area contributed by atoms with Gasteiger partial charge in [-0.3, -0.25) is 4.79 Å². The SMILES string of the molecule is CNc1ccc(/C=C(/C#N)C=O)c(OC)c1. The molecule has 0 fully saturated rings. The number of nitrogens with one attached hydrogen (secondary N) is 1. The van der Waals surface area contributed by atoms with Crippen LogP contribution in [0.4, 0.5) is 5.69 Å². The smallest absolute Gasteiger partial charge is 0.160 e. The molecule has 0 aliphatic heterocycles. The van der Waals surface area contributed by atoms with Crippen LogP contribution >= 0.6 is 0 Å². The molecule has 4 nitrogen and oxygen atoms in total. The van der Waals surface area contributed by atoms with E-state index in [1.54, 1.807) is 32.4 Å². The van der Waals surface area contributed by atoms with E-state index < -0.39 is 0 Å². The maximum absolute atomic E-state index is 10.5. The second kappa shape index (κ2) is 5.56. The molecule has 1 aromatic rings. The first-order valence-corrected chi connectivity index (χ1v) is 4.68. The minimum atomic E-state index is 0.0653. The third-order valence-corrected chi connectivity index (χ3v) is 2.09. The Morgan fingerprint density at radius 3 is 2.81 bits per heavy atom. The molecule has 0 aliphatic carbocycles. The summed E-state index contributed by atoms with van der Waals surface area (Å²) in [6.07, 6.45) is 2.01. The lowest BCUT2D eigenvalue weighted by Gasteiger charge is -2.07. The molecule has 0 saturated carbocycles. The molecular formula is C12H12N2O2. The predicted octanol–water partition coefficient (Wildman–Crippen LogP) is 1.84. The number of hydrogen-bond acceptors (Lipinski definition) is 4. The number of ether oxygens (including phenoxy) is 1. The van der Waals surface area contributed by atoms with Gasteiger partial charge < -0.3 is 10.1 Å². The highest BCUT2D eigenvalue weighted by Gasteiger charge is 2.03. The molecule has 1 aromatic carbocycles. The van der Waals surface area contributed by atoms with Crippen molar-refractivity contribution in [2.24, 2.45) is 0 Å². The number of nitrogens with zero attached hydrogens (tertiary/aromatic N) is 1. The van der Waals surface area contributed by atoms with Crippen LogP contribution in [0.5, 0.6) is 5.75 Å². The van der Waals surface area contributed by atoms with Gasteiger partial charge in [0.05, 0.1) is 12.7 Å². The minimum absolute atomic E-state index is 0.0653. The van der Waals surface area contributed by atoms with Crippen LogP contribution in [-0.4, -0.2) is 20.4 Å². The van der Waals surface area contributed by atoms with E-state index in [1.165, 1.54) is 6.08 Å². The van der Waals surface area contributed by atoms with Gasteiger partial charge in [-0.25, -0.2) is 0 Å². The van der Waals surface area contributed by atoms with Crippen molar-refractivity contribution in [2.75, 3.05) is 19.5 Å². The Kier molecular flexibility index (Phi) is 4.10. The van der Waals surface area contributed by atoms with Gasteiger partial charge in [-0.2, -0.15) is 5.26 Å². The van der Waals surface area contributed by atoms with Gasteiger partial charge in [-0.05, 0) is 18.2 Å². The van der Waals surface area contributed by atoms with Gasteiger partial charge in [0, 0.05) is 24.4 Å².